The third kappa shape index (κ3) is 7.54. The Bertz CT molecular complexity index is 1470. The average molecular weight is 605 g/mol. The van der Waals surface area contributed by atoms with Gasteiger partial charge in [0.1, 0.15) is 11.7 Å². The number of hydrogen-bond donors (Lipinski definition) is 0. The van der Waals surface area contributed by atoms with Gasteiger partial charge in [-0.3, -0.25) is 0 Å². The zero-order valence-corrected chi connectivity index (χ0v) is 27.7. The second-order valence-electron chi connectivity index (χ2n) is 12.9. The highest BCUT2D eigenvalue weighted by Crippen LogP contribution is 2.39. The van der Waals surface area contributed by atoms with E-state index in [9.17, 15) is 13.2 Å². The van der Waals surface area contributed by atoms with Crippen molar-refractivity contribution in [3.8, 4) is 0 Å². The SMILES string of the molecule is CC(=Nc1c(C)cccc1C)N1CCCN(C(=Nc2c(C(C)C)cc(C(C)C)cc2C(C)C)c2ccc(C(F)(F)F)cc2)C1. The summed E-state index contributed by atoms with van der Waals surface area (Å²) < 4.78 is 40.6. The molecule has 236 valence electrons. The van der Waals surface area contributed by atoms with Gasteiger partial charge in [0.05, 0.1) is 23.6 Å². The fraction of sp³-hybridized carbons (Fsp3) is 0.459. The number of para-hydroxylation sites is 1. The van der Waals surface area contributed by atoms with Crippen LogP contribution in [0.4, 0.5) is 24.5 Å². The summed E-state index contributed by atoms with van der Waals surface area (Å²) in [6.45, 7) is 21.4. The van der Waals surface area contributed by atoms with E-state index in [1.54, 1.807) is 12.1 Å². The summed E-state index contributed by atoms with van der Waals surface area (Å²) in [4.78, 5) is 14.8. The van der Waals surface area contributed by atoms with Gasteiger partial charge >= 0.3 is 6.18 Å². The highest BCUT2D eigenvalue weighted by Gasteiger charge is 2.31. The lowest BCUT2D eigenvalue weighted by Gasteiger charge is -2.39. The lowest BCUT2D eigenvalue weighted by molar-refractivity contribution is -0.137. The second-order valence-corrected chi connectivity index (χ2v) is 12.9. The van der Waals surface area contributed by atoms with Crippen LogP contribution in [-0.2, 0) is 6.18 Å². The molecule has 0 aromatic heterocycles. The zero-order valence-electron chi connectivity index (χ0n) is 27.7. The molecule has 3 aromatic carbocycles. The van der Waals surface area contributed by atoms with Crippen LogP contribution < -0.4 is 0 Å². The smallest absolute Gasteiger partial charge is 0.342 e. The van der Waals surface area contributed by atoms with Crippen LogP contribution >= 0.6 is 0 Å². The van der Waals surface area contributed by atoms with Crippen molar-refractivity contribution < 1.29 is 13.2 Å². The first-order chi connectivity index (χ1) is 20.7. The number of benzene rings is 3. The minimum absolute atomic E-state index is 0.225. The van der Waals surface area contributed by atoms with Crippen LogP contribution in [0, 0.1) is 13.8 Å². The fourth-order valence-electron chi connectivity index (χ4n) is 5.73. The van der Waals surface area contributed by atoms with Crippen molar-refractivity contribution in [1.29, 1.82) is 0 Å². The van der Waals surface area contributed by atoms with Gasteiger partial charge in [0.2, 0.25) is 0 Å². The molecule has 3 aromatic rings. The van der Waals surface area contributed by atoms with Crippen LogP contribution in [0.15, 0.2) is 64.6 Å². The van der Waals surface area contributed by atoms with Gasteiger partial charge in [-0.1, -0.05) is 84.0 Å². The standard InChI is InChI=1S/C37H47F3N4/c1-23(2)30-20-32(24(3)4)35(33(21-30)25(5)6)42-36(29-14-16-31(17-15-29)37(38,39)40)44-19-11-18-43(22-44)28(9)41-34-26(7)12-10-13-27(34)8/h10,12-17,20-21,23-25H,11,18-19,22H2,1-9H3. The third-order valence-corrected chi connectivity index (χ3v) is 8.46. The lowest BCUT2D eigenvalue weighted by atomic mass is 9.87. The lowest BCUT2D eigenvalue weighted by Crippen LogP contribution is -2.49. The number of amidine groups is 2. The predicted molar refractivity (Wildman–Crippen MR) is 178 cm³/mol. The highest BCUT2D eigenvalue weighted by atomic mass is 19.4. The maximum absolute atomic E-state index is 13.5. The Labute approximate surface area is 261 Å². The van der Waals surface area contributed by atoms with E-state index in [4.69, 9.17) is 9.98 Å². The number of rotatable bonds is 6. The molecule has 0 spiro atoms. The number of nitrogens with zero attached hydrogens (tertiary/aromatic N) is 4. The molecule has 0 atom stereocenters. The van der Waals surface area contributed by atoms with E-state index in [0.717, 1.165) is 71.1 Å². The molecular formula is C37H47F3N4. The molecule has 1 fully saturated rings. The van der Waals surface area contributed by atoms with Crippen molar-refractivity contribution in [3.63, 3.8) is 0 Å². The largest absolute Gasteiger partial charge is 0.416 e. The minimum Gasteiger partial charge on any atom is -0.342 e. The van der Waals surface area contributed by atoms with Gasteiger partial charge in [0, 0.05) is 18.7 Å². The monoisotopic (exact) mass is 604 g/mol. The van der Waals surface area contributed by atoms with Gasteiger partial charge in [-0.15, -0.1) is 0 Å². The number of halogens is 3. The Balaban J connectivity index is 1.86. The molecule has 0 bridgehead atoms. The van der Waals surface area contributed by atoms with Gasteiger partial charge in [0.15, 0.2) is 0 Å². The Kier molecular flexibility index (Phi) is 10.3. The Morgan fingerprint density at radius 2 is 1.27 bits per heavy atom. The molecule has 0 aliphatic carbocycles. The van der Waals surface area contributed by atoms with Crippen molar-refractivity contribution in [2.24, 2.45) is 9.98 Å². The molecule has 0 radical (unpaired) electrons. The molecule has 0 saturated carbocycles. The van der Waals surface area contributed by atoms with Crippen molar-refractivity contribution in [2.75, 3.05) is 19.8 Å². The van der Waals surface area contributed by atoms with Crippen molar-refractivity contribution >= 4 is 23.0 Å². The Hall–Kier alpha value is -3.61. The maximum Gasteiger partial charge on any atom is 0.416 e. The van der Waals surface area contributed by atoms with Gasteiger partial charge in [0.25, 0.3) is 0 Å². The topological polar surface area (TPSA) is 31.2 Å². The van der Waals surface area contributed by atoms with Crippen LogP contribution in [0.1, 0.15) is 112 Å². The van der Waals surface area contributed by atoms with E-state index in [1.165, 1.54) is 5.56 Å². The number of hydrogen-bond acceptors (Lipinski definition) is 2. The Morgan fingerprint density at radius 1 is 0.727 bits per heavy atom. The van der Waals surface area contributed by atoms with Gasteiger partial charge < -0.3 is 9.80 Å². The molecule has 4 nitrogen and oxygen atoms in total. The summed E-state index contributed by atoms with van der Waals surface area (Å²) in [7, 11) is 0. The molecule has 1 aliphatic rings. The zero-order chi connectivity index (χ0) is 32.3. The van der Waals surface area contributed by atoms with Crippen LogP contribution in [0.5, 0.6) is 0 Å². The Morgan fingerprint density at radius 3 is 1.77 bits per heavy atom. The fourth-order valence-corrected chi connectivity index (χ4v) is 5.73. The quantitative estimate of drug-likeness (QED) is 0.207. The normalized spacial score (nSPS) is 15.2. The molecule has 0 N–H and O–H groups in total. The van der Waals surface area contributed by atoms with E-state index >= 15 is 0 Å². The van der Waals surface area contributed by atoms with Crippen LogP contribution in [-0.4, -0.2) is 41.2 Å². The molecule has 0 unspecified atom stereocenters. The predicted octanol–water partition coefficient (Wildman–Crippen LogP) is 10.5. The van der Waals surface area contributed by atoms with Gasteiger partial charge in [-0.25, -0.2) is 9.98 Å². The molecule has 1 heterocycles. The number of aryl methyl sites for hydroxylation is 2. The third-order valence-electron chi connectivity index (χ3n) is 8.46. The maximum atomic E-state index is 13.5. The highest BCUT2D eigenvalue weighted by molar-refractivity contribution is 6.01. The molecular weight excluding hydrogens is 557 g/mol. The van der Waals surface area contributed by atoms with Crippen LogP contribution in [0.25, 0.3) is 0 Å². The van der Waals surface area contributed by atoms with E-state index in [2.05, 4.69) is 89.5 Å². The van der Waals surface area contributed by atoms with E-state index < -0.39 is 11.7 Å². The minimum atomic E-state index is -4.40. The van der Waals surface area contributed by atoms with E-state index in [-0.39, 0.29) is 11.8 Å². The van der Waals surface area contributed by atoms with Crippen molar-refractivity contribution in [2.45, 2.75) is 92.7 Å². The first-order valence-electron chi connectivity index (χ1n) is 15.7. The summed E-state index contributed by atoms with van der Waals surface area (Å²) >= 11 is 0. The first kappa shape index (κ1) is 33.3. The average Bonchev–Trinajstić information content (AvgIpc) is 2.97. The number of alkyl halides is 3. The number of aliphatic imine (C=N–C) groups is 2. The molecule has 4 rings (SSSR count). The summed E-state index contributed by atoms with van der Waals surface area (Å²) in [6, 6.07) is 16.1. The van der Waals surface area contributed by atoms with Gasteiger partial charge in [-0.2, -0.15) is 13.2 Å². The molecule has 7 heteroatoms. The molecule has 1 saturated heterocycles. The molecule has 0 amide bonds. The summed E-state index contributed by atoms with van der Waals surface area (Å²) in [5.74, 6) is 2.41. The van der Waals surface area contributed by atoms with Crippen molar-refractivity contribution in [3.05, 3.63) is 93.5 Å². The summed E-state index contributed by atoms with van der Waals surface area (Å²) in [5.41, 5.74) is 7.74. The van der Waals surface area contributed by atoms with Crippen LogP contribution in [0.3, 0.4) is 0 Å². The summed E-state index contributed by atoms with van der Waals surface area (Å²) in [5, 5.41) is 0. The van der Waals surface area contributed by atoms with E-state index in [0.29, 0.717) is 24.0 Å². The first-order valence-corrected chi connectivity index (χ1v) is 15.7. The molecule has 1 aliphatic heterocycles. The summed E-state index contributed by atoms with van der Waals surface area (Å²) in [6.07, 6.45) is -3.53. The van der Waals surface area contributed by atoms with Gasteiger partial charge in [-0.05, 0) is 84.9 Å². The van der Waals surface area contributed by atoms with Crippen molar-refractivity contribution in [1.82, 2.24) is 9.80 Å². The second kappa shape index (κ2) is 13.6. The van der Waals surface area contributed by atoms with Crippen LogP contribution in [0.2, 0.25) is 0 Å². The molecule has 44 heavy (non-hydrogen) atoms. The van der Waals surface area contributed by atoms with E-state index in [1.807, 2.05) is 13.0 Å².